The predicted molar refractivity (Wildman–Crippen MR) is 85.4 cm³/mol. The molecule has 26 heavy (non-hydrogen) atoms. The first-order valence-corrected chi connectivity index (χ1v) is 9.34. The van der Waals surface area contributed by atoms with E-state index >= 15 is 0 Å². The maximum absolute atomic E-state index is 13.1. The van der Waals surface area contributed by atoms with E-state index in [0.717, 1.165) is 13.0 Å². The Bertz CT molecular complexity index is 938. The Hall–Kier alpha value is -2.50. The second kappa shape index (κ2) is 7.02. The van der Waals surface area contributed by atoms with Gasteiger partial charge in [-0.1, -0.05) is 12.0 Å². The molecular weight excluding hydrogens is 375 g/mol. The molecule has 0 saturated heterocycles. The van der Waals surface area contributed by atoms with Gasteiger partial charge in [0.25, 0.3) is 5.91 Å². The number of carbonyl (C=O) groups is 1. The Kier molecular flexibility index (Phi) is 5.35. The molecule has 0 spiro atoms. The second-order valence-electron chi connectivity index (χ2n) is 5.56. The molecule has 0 aliphatic carbocycles. The monoisotopic (exact) mass is 391 g/mol. The highest BCUT2D eigenvalue weighted by Crippen LogP contribution is 2.37. The lowest BCUT2D eigenvalue weighted by Gasteiger charge is -2.16. The molecule has 0 bridgehead atoms. The summed E-state index contributed by atoms with van der Waals surface area (Å²) in [5.74, 6) is -0.801. The van der Waals surface area contributed by atoms with Gasteiger partial charge in [0, 0.05) is 18.4 Å². The first-order valence-electron chi connectivity index (χ1n) is 7.45. The van der Waals surface area contributed by atoms with Gasteiger partial charge in [0.2, 0.25) is 5.95 Å². The Morgan fingerprint density at radius 3 is 2.50 bits per heavy atom. The van der Waals surface area contributed by atoms with Gasteiger partial charge in [0.15, 0.2) is 9.84 Å². The smallest absolute Gasteiger partial charge is 0.289 e. The molecule has 0 aliphatic rings. The average Bonchev–Trinajstić information content (AvgIpc) is 2.92. The molecule has 142 valence electrons. The Morgan fingerprint density at radius 2 is 1.96 bits per heavy atom. The van der Waals surface area contributed by atoms with E-state index in [9.17, 15) is 26.4 Å². The van der Waals surface area contributed by atoms with Crippen molar-refractivity contribution in [2.75, 3.05) is 11.6 Å². The van der Waals surface area contributed by atoms with Crippen molar-refractivity contribution < 1.29 is 26.4 Å². The molecular formula is C14H16F3N5O3S. The molecule has 0 unspecified atom stereocenters. The summed E-state index contributed by atoms with van der Waals surface area (Å²) in [7, 11) is -4.23. The van der Waals surface area contributed by atoms with Gasteiger partial charge in [-0.15, -0.1) is 0 Å². The maximum Gasteiger partial charge on any atom is 0.417 e. The number of aromatic nitrogens is 4. The zero-order valence-electron chi connectivity index (χ0n) is 14.1. The van der Waals surface area contributed by atoms with Gasteiger partial charge in [-0.05, 0) is 41.5 Å². The summed E-state index contributed by atoms with van der Waals surface area (Å²) in [6.07, 6.45) is -3.52. The number of carbonyl (C=O) groups excluding carboxylic acids is 1. The number of tetrazole rings is 1. The maximum atomic E-state index is 13.1. The zero-order chi connectivity index (χ0) is 19.7. The lowest BCUT2D eigenvalue weighted by Crippen LogP contribution is -2.21. The van der Waals surface area contributed by atoms with Crippen molar-refractivity contribution in [2.24, 2.45) is 0 Å². The lowest BCUT2D eigenvalue weighted by atomic mass is 10.0. The molecule has 12 heteroatoms. The fourth-order valence-electron chi connectivity index (χ4n) is 2.46. The number of anilines is 1. The van der Waals surface area contributed by atoms with Crippen LogP contribution in [0.1, 0.15) is 34.8 Å². The number of benzene rings is 1. The SMILES string of the molecule is CCCn1nnnc1NC(=O)c1ccc(C(F)(F)F)c(S(C)(=O)=O)c1C. The molecule has 0 atom stereocenters. The van der Waals surface area contributed by atoms with E-state index in [1.165, 1.54) is 4.68 Å². The van der Waals surface area contributed by atoms with Gasteiger partial charge in [0.05, 0.1) is 10.5 Å². The minimum Gasteiger partial charge on any atom is -0.289 e. The molecule has 2 aromatic rings. The number of halogens is 3. The summed E-state index contributed by atoms with van der Waals surface area (Å²) in [5, 5.41) is 13.1. The van der Waals surface area contributed by atoms with Crippen molar-refractivity contribution in [1.82, 2.24) is 20.2 Å². The number of aryl methyl sites for hydroxylation is 1. The number of sulfone groups is 1. The highest BCUT2D eigenvalue weighted by Gasteiger charge is 2.38. The minimum atomic E-state index is -4.87. The molecule has 1 N–H and O–H groups in total. The minimum absolute atomic E-state index is 0.0112. The van der Waals surface area contributed by atoms with Crippen LogP contribution in [0.2, 0.25) is 0 Å². The van der Waals surface area contributed by atoms with E-state index < -0.39 is 32.4 Å². The highest BCUT2D eigenvalue weighted by atomic mass is 32.2. The van der Waals surface area contributed by atoms with Gasteiger partial charge in [0.1, 0.15) is 0 Å². The Balaban J connectivity index is 2.50. The van der Waals surface area contributed by atoms with Crippen molar-refractivity contribution in [3.05, 3.63) is 28.8 Å². The molecule has 8 nitrogen and oxygen atoms in total. The van der Waals surface area contributed by atoms with E-state index in [1.807, 2.05) is 6.92 Å². The summed E-state index contributed by atoms with van der Waals surface area (Å²) < 4.78 is 64.5. The summed E-state index contributed by atoms with van der Waals surface area (Å²) >= 11 is 0. The van der Waals surface area contributed by atoms with Crippen LogP contribution < -0.4 is 5.32 Å². The largest absolute Gasteiger partial charge is 0.417 e. The normalized spacial score (nSPS) is 12.2. The third-order valence-corrected chi connectivity index (χ3v) is 4.79. The Morgan fingerprint density at radius 1 is 1.31 bits per heavy atom. The molecule has 1 aromatic heterocycles. The van der Waals surface area contributed by atoms with E-state index in [0.29, 0.717) is 25.3 Å². The third-order valence-electron chi connectivity index (χ3n) is 3.52. The summed E-state index contributed by atoms with van der Waals surface area (Å²) in [4.78, 5) is 11.5. The van der Waals surface area contributed by atoms with Crippen LogP contribution in [-0.2, 0) is 22.6 Å². The zero-order valence-corrected chi connectivity index (χ0v) is 14.9. The number of alkyl halides is 3. The lowest BCUT2D eigenvalue weighted by molar-refractivity contribution is -0.139. The fourth-order valence-corrected chi connectivity index (χ4v) is 3.71. The standard InChI is InChI=1S/C14H16F3N5O3S/c1-4-7-22-13(19-20-21-22)18-12(23)9-5-6-10(14(15,16)17)11(8(9)2)26(3,24)25/h5-6H,4,7H2,1-3H3,(H,18,19,21,23). The van der Waals surface area contributed by atoms with Crippen molar-refractivity contribution in [2.45, 2.75) is 37.9 Å². The number of nitrogens with one attached hydrogen (secondary N) is 1. The summed E-state index contributed by atoms with van der Waals surface area (Å²) in [6.45, 7) is 3.43. The molecule has 0 saturated carbocycles. The number of amides is 1. The molecule has 0 aliphatic heterocycles. The summed E-state index contributed by atoms with van der Waals surface area (Å²) in [6, 6.07) is 1.50. The topological polar surface area (TPSA) is 107 Å². The average molecular weight is 391 g/mol. The molecule has 0 fully saturated rings. The highest BCUT2D eigenvalue weighted by molar-refractivity contribution is 7.90. The van der Waals surface area contributed by atoms with Crippen LogP contribution in [0.25, 0.3) is 0 Å². The molecule has 1 amide bonds. The predicted octanol–water partition coefficient (Wildman–Crippen LogP) is 2.07. The van der Waals surface area contributed by atoms with Crippen LogP contribution in [0.15, 0.2) is 17.0 Å². The molecule has 1 aromatic carbocycles. The van der Waals surface area contributed by atoms with E-state index in [4.69, 9.17) is 0 Å². The van der Waals surface area contributed by atoms with Gasteiger partial charge in [-0.2, -0.15) is 13.2 Å². The Labute approximate surface area is 147 Å². The van der Waals surface area contributed by atoms with Crippen LogP contribution in [0.5, 0.6) is 0 Å². The second-order valence-corrected chi connectivity index (χ2v) is 7.52. The number of hydrogen-bond acceptors (Lipinski definition) is 6. The number of hydrogen-bond donors (Lipinski definition) is 1. The quantitative estimate of drug-likeness (QED) is 0.836. The third kappa shape index (κ3) is 4.00. The van der Waals surface area contributed by atoms with E-state index in [1.54, 1.807) is 0 Å². The van der Waals surface area contributed by atoms with Crippen molar-refractivity contribution in [1.29, 1.82) is 0 Å². The molecule has 2 rings (SSSR count). The van der Waals surface area contributed by atoms with Crippen molar-refractivity contribution >= 4 is 21.7 Å². The van der Waals surface area contributed by atoms with Gasteiger partial charge >= 0.3 is 6.18 Å². The van der Waals surface area contributed by atoms with E-state index in [-0.39, 0.29) is 17.1 Å². The molecule has 1 heterocycles. The first-order chi connectivity index (χ1) is 12.0. The van der Waals surface area contributed by atoms with Crippen molar-refractivity contribution in [3.63, 3.8) is 0 Å². The number of nitrogens with zero attached hydrogens (tertiary/aromatic N) is 4. The van der Waals surface area contributed by atoms with E-state index in [2.05, 4.69) is 20.8 Å². The van der Waals surface area contributed by atoms with Crippen LogP contribution in [0.4, 0.5) is 19.1 Å². The van der Waals surface area contributed by atoms with Crippen molar-refractivity contribution in [3.8, 4) is 0 Å². The van der Waals surface area contributed by atoms with Crippen LogP contribution in [0, 0.1) is 6.92 Å². The van der Waals surface area contributed by atoms with Gasteiger partial charge < -0.3 is 0 Å². The first kappa shape index (κ1) is 19.8. The van der Waals surface area contributed by atoms with Crippen LogP contribution >= 0.6 is 0 Å². The van der Waals surface area contributed by atoms with Crippen LogP contribution in [-0.4, -0.2) is 40.8 Å². The van der Waals surface area contributed by atoms with Gasteiger partial charge in [-0.25, -0.2) is 13.1 Å². The number of rotatable bonds is 5. The van der Waals surface area contributed by atoms with Crippen LogP contribution in [0.3, 0.4) is 0 Å². The van der Waals surface area contributed by atoms with Gasteiger partial charge in [-0.3, -0.25) is 10.1 Å². The fraction of sp³-hybridized carbons (Fsp3) is 0.429. The summed E-state index contributed by atoms with van der Waals surface area (Å²) in [5.41, 5.74) is -1.83. The molecule has 0 radical (unpaired) electrons.